The summed E-state index contributed by atoms with van der Waals surface area (Å²) in [5.74, 6) is 3.95. The van der Waals surface area contributed by atoms with Gasteiger partial charge in [-0.3, -0.25) is 0 Å². The van der Waals surface area contributed by atoms with E-state index in [1.807, 2.05) is 60.7 Å². The summed E-state index contributed by atoms with van der Waals surface area (Å²) in [7, 11) is -0.534. The highest BCUT2D eigenvalue weighted by atomic mass is 32.2. The molecular formula is C32H25F4O3S+. The summed E-state index contributed by atoms with van der Waals surface area (Å²) in [6, 6.07) is 28.6. The van der Waals surface area contributed by atoms with Crippen molar-refractivity contribution in [2.75, 3.05) is 6.61 Å². The molecule has 4 rings (SSSR count). The normalized spacial score (nSPS) is 11.5. The molecule has 4 aromatic rings. The minimum absolute atomic E-state index is 0.0903. The quantitative estimate of drug-likeness (QED) is 0.0998. The first-order valence-electron chi connectivity index (χ1n) is 12.2. The van der Waals surface area contributed by atoms with Crippen molar-refractivity contribution in [3.05, 3.63) is 120 Å². The Hall–Kier alpha value is -4.22. The lowest BCUT2D eigenvalue weighted by molar-refractivity contribution is -0.154. The maximum absolute atomic E-state index is 14.7. The molecule has 0 aliphatic carbocycles. The van der Waals surface area contributed by atoms with Gasteiger partial charge >= 0.3 is 12.1 Å². The zero-order chi connectivity index (χ0) is 28.8. The molecule has 0 fully saturated rings. The van der Waals surface area contributed by atoms with Crippen LogP contribution in [0.2, 0.25) is 0 Å². The molecule has 0 bridgehead atoms. The third kappa shape index (κ3) is 7.67. The molecule has 0 heterocycles. The Balaban J connectivity index is 1.45. The van der Waals surface area contributed by atoms with E-state index in [-0.39, 0.29) is 5.75 Å². The van der Waals surface area contributed by atoms with Crippen molar-refractivity contribution in [3.8, 4) is 17.6 Å². The third-order valence-electron chi connectivity index (χ3n) is 5.53. The SMILES string of the molecule is CC(C)(C#Cc1ccc(C(F)(F)F)cc1)OC(=O)COc1cc([S+](c2ccccc2)c2ccccc2)ccc1F. The lowest BCUT2D eigenvalue weighted by Crippen LogP contribution is -2.29. The molecule has 8 heteroatoms. The van der Waals surface area contributed by atoms with Crippen LogP contribution in [-0.4, -0.2) is 18.2 Å². The summed E-state index contributed by atoms with van der Waals surface area (Å²) in [5.41, 5.74) is -1.72. The number of hydrogen-bond donors (Lipinski definition) is 0. The van der Waals surface area contributed by atoms with Gasteiger partial charge in [0.05, 0.1) is 16.5 Å². The third-order valence-corrected chi connectivity index (χ3v) is 7.74. The van der Waals surface area contributed by atoms with Crippen molar-refractivity contribution >= 4 is 16.9 Å². The summed E-state index contributed by atoms with van der Waals surface area (Å²) in [6.45, 7) is 2.51. The second kappa shape index (κ2) is 12.3. The molecule has 0 aliphatic heterocycles. The second-order valence-electron chi connectivity index (χ2n) is 9.12. The zero-order valence-electron chi connectivity index (χ0n) is 21.7. The summed E-state index contributed by atoms with van der Waals surface area (Å²) >= 11 is 0. The molecule has 0 aliphatic rings. The number of esters is 1. The number of halogens is 4. The highest BCUT2D eigenvalue weighted by Crippen LogP contribution is 2.34. The smallest absolute Gasteiger partial charge is 0.416 e. The molecule has 0 amide bonds. The molecule has 204 valence electrons. The predicted molar refractivity (Wildman–Crippen MR) is 145 cm³/mol. The van der Waals surface area contributed by atoms with Crippen LogP contribution in [0, 0.1) is 17.7 Å². The lowest BCUT2D eigenvalue weighted by Gasteiger charge is -2.19. The highest BCUT2D eigenvalue weighted by molar-refractivity contribution is 7.97. The summed E-state index contributed by atoms with van der Waals surface area (Å²) in [6.07, 6.45) is -4.44. The van der Waals surface area contributed by atoms with Gasteiger partial charge in [-0.15, -0.1) is 0 Å². The average molecular weight is 566 g/mol. The van der Waals surface area contributed by atoms with Crippen LogP contribution >= 0.6 is 0 Å². The number of carbonyl (C=O) groups excluding carboxylic acids is 1. The first-order chi connectivity index (χ1) is 19.0. The van der Waals surface area contributed by atoms with E-state index in [4.69, 9.17) is 9.47 Å². The van der Waals surface area contributed by atoms with Gasteiger partial charge in [0.1, 0.15) is 0 Å². The Kier molecular flexibility index (Phi) is 8.86. The van der Waals surface area contributed by atoms with E-state index in [1.54, 1.807) is 12.1 Å². The maximum atomic E-state index is 14.7. The fourth-order valence-electron chi connectivity index (χ4n) is 3.68. The monoisotopic (exact) mass is 565 g/mol. The van der Waals surface area contributed by atoms with E-state index in [9.17, 15) is 22.4 Å². The fourth-order valence-corrected chi connectivity index (χ4v) is 5.79. The molecule has 40 heavy (non-hydrogen) atoms. The van der Waals surface area contributed by atoms with Crippen LogP contribution in [0.15, 0.2) is 118 Å². The van der Waals surface area contributed by atoms with Crippen LogP contribution in [0.3, 0.4) is 0 Å². The van der Waals surface area contributed by atoms with Gasteiger partial charge in [-0.1, -0.05) is 48.2 Å². The van der Waals surface area contributed by atoms with Crippen LogP contribution in [0.25, 0.3) is 0 Å². The van der Waals surface area contributed by atoms with Gasteiger partial charge in [-0.05, 0) is 74.5 Å². The first kappa shape index (κ1) is 28.8. The van der Waals surface area contributed by atoms with E-state index >= 15 is 0 Å². The fraction of sp³-hybridized carbons (Fsp3) is 0.156. The molecule has 0 saturated carbocycles. The number of hydrogen-bond acceptors (Lipinski definition) is 3. The Bertz CT molecular complexity index is 1470. The number of benzene rings is 4. The van der Waals surface area contributed by atoms with Gasteiger partial charge in [0.2, 0.25) is 0 Å². The van der Waals surface area contributed by atoms with Crippen molar-refractivity contribution in [2.24, 2.45) is 0 Å². The Morgan fingerprint density at radius 3 is 1.93 bits per heavy atom. The summed E-state index contributed by atoms with van der Waals surface area (Å²) in [4.78, 5) is 15.4. The molecule has 0 radical (unpaired) electrons. The molecule has 0 saturated heterocycles. The van der Waals surface area contributed by atoms with Crippen LogP contribution in [0.1, 0.15) is 25.0 Å². The topological polar surface area (TPSA) is 35.5 Å². The van der Waals surface area contributed by atoms with Crippen molar-refractivity contribution in [1.29, 1.82) is 0 Å². The molecule has 0 unspecified atom stereocenters. The molecule has 0 spiro atoms. The minimum Gasteiger partial charge on any atom is -0.479 e. The second-order valence-corrected chi connectivity index (χ2v) is 11.1. The molecule has 0 atom stereocenters. The van der Waals surface area contributed by atoms with Gasteiger partial charge in [-0.25, -0.2) is 9.18 Å². The van der Waals surface area contributed by atoms with Crippen LogP contribution in [-0.2, 0) is 26.6 Å². The average Bonchev–Trinajstić information content (AvgIpc) is 2.93. The molecule has 0 aromatic heterocycles. The van der Waals surface area contributed by atoms with Crippen molar-refractivity contribution in [3.63, 3.8) is 0 Å². The van der Waals surface area contributed by atoms with Crippen LogP contribution < -0.4 is 4.74 Å². The number of ether oxygens (including phenoxy) is 2. The van der Waals surface area contributed by atoms with Gasteiger partial charge in [-0.2, -0.15) is 13.2 Å². The van der Waals surface area contributed by atoms with E-state index in [1.165, 1.54) is 32.0 Å². The molecule has 0 N–H and O–H groups in total. The van der Waals surface area contributed by atoms with E-state index in [0.29, 0.717) is 5.56 Å². The highest BCUT2D eigenvalue weighted by Gasteiger charge is 2.31. The van der Waals surface area contributed by atoms with Crippen LogP contribution in [0.5, 0.6) is 5.75 Å². The largest absolute Gasteiger partial charge is 0.479 e. The first-order valence-corrected chi connectivity index (χ1v) is 13.4. The van der Waals surface area contributed by atoms with E-state index < -0.39 is 46.6 Å². The summed E-state index contributed by atoms with van der Waals surface area (Å²) < 4.78 is 63.8. The summed E-state index contributed by atoms with van der Waals surface area (Å²) in [5, 5.41) is 0. The van der Waals surface area contributed by atoms with Crippen molar-refractivity contribution in [1.82, 2.24) is 0 Å². The lowest BCUT2D eigenvalue weighted by atomic mass is 10.1. The van der Waals surface area contributed by atoms with Crippen molar-refractivity contribution < 1.29 is 31.8 Å². The number of alkyl halides is 3. The number of rotatable bonds is 7. The maximum Gasteiger partial charge on any atom is 0.416 e. The standard InChI is InChI=1S/C32H25F4O3S/c1-31(2,20-19-23-13-15-24(16-14-23)32(34,35)36)39-30(37)22-38-29-21-27(17-18-28(29)33)40(25-9-5-3-6-10-25)26-11-7-4-8-12-26/h3-18,21H,22H2,1-2H3/q+1. The molecule has 3 nitrogen and oxygen atoms in total. The van der Waals surface area contributed by atoms with Gasteiger partial charge in [0.25, 0.3) is 0 Å². The van der Waals surface area contributed by atoms with Gasteiger partial charge in [0.15, 0.2) is 38.5 Å². The van der Waals surface area contributed by atoms with Gasteiger partial charge < -0.3 is 9.47 Å². The van der Waals surface area contributed by atoms with E-state index in [2.05, 4.69) is 11.8 Å². The number of carbonyl (C=O) groups is 1. The van der Waals surface area contributed by atoms with E-state index in [0.717, 1.165) is 26.8 Å². The Morgan fingerprint density at radius 2 is 1.38 bits per heavy atom. The molecular weight excluding hydrogens is 540 g/mol. The predicted octanol–water partition coefficient (Wildman–Crippen LogP) is 7.69. The van der Waals surface area contributed by atoms with Crippen LogP contribution in [0.4, 0.5) is 17.6 Å². The van der Waals surface area contributed by atoms with Crippen molar-refractivity contribution in [2.45, 2.75) is 40.3 Å². The van der Waals surface area contributed by atoms with Gasteiger partial charge in [0, 0.05) is 11.6 Å². The minimum atomic E-state index is -4.44. The Morgan fingerprint density at radius 1 is 0.800 bits per heavy atom. The molecule has 4 aromatic carbocycles. The zero-order valence-corrected chi connectivity index (χ0v) is 22.5. The Labute approximate surface area is 233 Å².